The summed E-state index contributed by atoms with van der Waals surface area (Å²) in [7, 11) is 0. The minimum atomic E-state index is 0.246. The van der Waals surface area contributed by atoms with Crippen LogP contribution in [0.4, 0.5) is 5.69 Å². The van der Waals surface area contributed by atoms with E-state index in [9.17, 15) is 0 Å². The normalized spacial score (nSPS) is 17.8. The van der Waals surface area contributed by atoms with Gasteiger partial charge in [-0.05, 0) is 67.7 Å². The van der Waals surface area contributed by atoms with Crippen molar-refractivity contribution in [3.05, 3.63) is 53.7 Å². The third kappa shape index (κ3) is 2.91. The lowest BCUT2D eigenvalue weighted by atomic mass is 9.94. The quantitative estimate of drug-likeness (QED) is 0.659. The molecule has 3 heteroatoms. The van der Waals surface area contributed by atoms with Crippen LogP contribution < -0.4 is 10.5 Å². The first-order valence-corrected chi connectivity index (χ1v) is 8.90. The number of anilines is 1. The van der Waals surface area contributed by atoms with Gasteiger partial charge in [-0.2, -0.15) is 0 Å². The number of nitrogen functional groups attached to an aromatic ring is 1. The topological polar surface area (TPSA) is 48.1 Å². The van der Waals surface area contributed by atoms with Crippen LogP contribution in [0.15, 0.2) is 42.6 Å². The minimum Gasteiger partial charge on any atom is -0.474 e. The average Bonchev–Trinajstić information content (AvgIpc) is 3.07. The summed E-state index contributed by atoms with van der Waals surface area (Å²) in [5.74, 6) is 0.699. The maximum Gasteiger partial charge on any atom is 0.214 e. The van der Waals surface area contributed by atoms with Crippen LogP contribution >= 0.6 is 0 Å². The van der Waals surface area contributed by atoms with Crippen LogP contribution in [0.5, 0.6) is 5.88 Å². The number of nitrogens with two attached hydrogens (primary N) is 1. The Morgan fingerprint density at radius 3 is 2.75 bits per heavy atom. The van der Waals surface area contributed by atoms with Gasteiger partial charge in [0.1, 0.15) is 6.10 Å². The predicted molar refractivity (Wildman–Crippen MR) is 98.1 cm³/mol. The molecule has 4 rings (SSSR count). The second-order valence-corrected chi connectivity index (χ2v) is 6.97. The van der Waals surface area contributed by atoms with Crippen molar-refractivity contribution in [2.45, 2.75) is 51.0 Å². The van der Waals surface area contributed by atoms with E-state index in [-0.39, 0.29) is 6.10 Å². The smallest absolute Gasteiger partial charge is 0.214 e. The third-order valence-electron chi connectivity index (χ3n) is 5.30. The van der Waals surface area contributed by atoms with Gasteiger partial charge in [0.15, 0.2) is 0 Å². The summed E-state index contributed by atoms with van der Waals surface area (Å²) in [6, 6.07) is 8.41. The fraction of sp³-hybridized carbons (Fsp3) is 0.381. The van der Waals surface area contributed by atoms with Gasteiger partial charge in [-0.3, -0.25) is 0 Å². The number of hydrogen-bond donors (Lipinski definition) is 1. The van der Waals surface area contributed by atoms with Gasteiger partial charge in [0.05, 0.1) is 0 Å². The summed E-state index contributed by atoms with van der Waals surface area (Å²) in [6.45, 7) is 4.06. The van der Waals surface area contributed by atoms with E-state index in [0.717, 1.165) is 55.3 Å². The largest absolute Gasteiger partial charge is 0.474 e. The van der Waals surface area contributed by atoms with E-state index < -0.39 is 0 Å². The van der Waals surface area contributed by atoms with Crippen LogP contribution in [0.2, 0.25) is 0 Å². The van der Waals surface area contributed by atoms with Crippen molar-refractivity contribution in [3.63, 3.8) is 0 Å². The standard InChI is InChI=1S/C21H24N2O/c1-14-5-8-17(9-6-14)24-20-13-16(11-12-23-20)19-10-7-15-3-2-4-18(15)21(19)22/h7,10-13,17H,1-6,8-9,22H2. The Hall–Kier alpha value is -2.29. The monoisotopic (exact) mass is 320 g/mol. The number of pyridine rings is 1. The van der Waals surface area contributed by atoms with Crippen molar-refractivity contribution in [2.75, 3.05) is 5.73 Å². The van der Waals surface area contributed by atoms with Crippen molar-refractivity contribution >= 4 is 5.69 Å². The Morgan fingerprint density at radius 2 is 1.92 bits per heavy atom. The predicted octanol–water partition coefficient (Wildman–Crippen LogP) is 4.70. The lowest BCUT2D eigenvalue weighted by Gasteiger charge is -2.24. The van der Waals surface area contributed by atoms with E-state index in [1.54, 1.807) is 0 Å². The molecule has 1 fully saturated rings. The van der Waals surface area contributed by atoms with Gasteiger partial charge in [0.2, 0.25) is 5.88 Å². The zero-order valence-corrected chi connectivity index (χ0v) is 14.1. The first-order chi connectivity index (χ1) is 11.7. The zero-order valence-electron chi connectivity index (χ0n) is 14.1. The van der Waals surface area contributed by atoms with Crippen molar-refractivity contribution in [3.8, 4) is 17.0 Å². The Labute approximate surface area is 143 Å². The van der Waals surface area contributed by atoms with E-state index >= 15 is 0 Å². The molecule has 1 heterocycles. The van der Waals surface area contributed by atoms with Crippen LogP contribution in [0.1, 0.15) is 43.2 Å². The van der Waals surface area contributed by atoms with Gasteiger partial charge < -0.3 is 10.5 Å². The Morgan fingerprint density at radius 1 is 1.08 bits per heavy atom. The van der Waals surface area contributed by atoms with Crippen LogP contribution in [0.25, 0.3) is 11.1 Å². The Kier molecular flexibility index (Phi) is 4.01. The second kappa shape index (κ2) is 6.31. The molecule has 2 aromatic rings. The van der Waals surface area contributed by atoms with Crippen molar-refractivity contribution in [1.82, 2.24) is 4.98 Å². The number of ether oxygens (including phenoxy) is 1. The molecule has 124 valence electrons. The number of allylic oxidation sites excluding steroid dienone is 1. The van der Waals surface area contributed by atoms with Crippen LogP contribution in [-0.4, -0.2) is 11.1 Å². The molecule has 0 aliphatic heterocycles. The van der Waals surface area contributed by atoms with Crippen LogP contribution in [0.3, 0.4) is 0 Å². The molecule has 24 heavy (non-hydrogen) atoms. The summed E-state index contributed by atoms with van der Waals surface area (Å²) in [5.41, 5.74) is 13.6. The molecule has 0 atom stereocenters. The molecular weight excluding hydrogens is 296 g/mol. The molecule has 2 aliphatic rings. The number of aryl methyl sites for hydroxylation is 1. The van der Waals surface area contributed by atoms with E-state index in [1.165, 1.54) is 23.1 Å². The highest BCUT2D eigenvalue weighted by molar-refractivity contribution is 5.80. The second-order valence-electron chi connectivity index (χ2n) is 6.97. The van der Waals surface area contributed by atoms with Gasteiger partial charge in [-0.15, -0.1) is 0 Å². The lowest BCUT2D eigenvalue weighted by molar-refractivity contribution is 0.162. The van der Waals surface area contributed by atoms with E-state index in [2.05, 4.69) is 23.7 Å². The third-order valence-corrected chi connectivity index (χ3v) is 5.30. The summed E-state index contributed by atoms with van der Waals surface area (Å²) in [6.07, 6.45) is 9.70. The number of aromatic nitrogens is 1. The maximum atomic E-state index is 6.45. The fourth-order valence-corrected chi connectivity index (χ4v) is 3.88. The molecule has 1 saturated carbocycles. The molecule has 2 N–H and O–H groups in total. The van der Waals surface area contributed by atoms with Gasteiger partial charge in [-0.1, -0.05) is 24.3 Å². The molecule has 0 unspecified atom stereocenters. The van der Waals surface area contributed by atoms with Crippen molar-refractivity contribution < 1.29 is 4.74 Å². The minimum absolute atomic E-state index is 0.246. The van der Waals surface area contributed by atoms with Crippen LogP contribution in [-0.2, 0) is 12.8 Å². The zero-order chi connectivity index (χ0) is 16.5. The first-order valence-electron chi connectivity index (χ1n) is 8.90. The fourth-order valence-electron chi connectivity index (χ4n) is 3.88. The van der Waals surface area contributed by atoms with E-state index in [4.69, 9.17) is 10.5 Å². The molecule has 2 aliphatic carbocycles. The molecule has 0 bridgehead atoms. The van der Waals surface area contributed by atoms with Gasteiger partial charge in [0.25, 0.3) is 0 Å². The number of hydrogen-bond acceptors (Lipinski definition) is 3. The average molecular weight is 320 g/mol. The van der Waals surface area contributed by atoms with Gasteiger partial charge >= 0.3 is 0 Å². The highest BCUT2D eigenvalue weighted by Crippen LogP contribution is 2.36. The number of fused-ring (bicyclic) bond motifs is 1. The Bertz CT molecular complexity index is 771. The summed E-state index contributed by atoms with van der Waals surface area (Å²) in [5, 5.41) is 0. The first kappa shape index (κ1) is 15.3. The lowest BCUT2D eigenvalue weighted by Crippen LogP contribution is -2.20. The maximum absolute atomic E-state index is 6.45. The van der Waals surface area contributed by atoms with Crippen LogP contribution in [0, 0.1) is 0 Å². The molecule has 1 aromatic carbocycles. The molecule has 0 radical (unpaired) electrons. The molecular formula is C21H24N2O. The van der Waals surface area contributed by atoms with Gasteiger partial charge in [-0.25, -0.2) is 4.98 Å². The van der Waals surface area contributed by atoms with E-state index in [0.29, 0.717) is 5.88 Å². The molecule has 0 saturated heterocycles. The summed E-state index contributed by atoms with van der Waals surface area (Å²) >= 11 is 0. The van der Waals surface area contributed by atoms with E-state index in [1.807, 2.05) is 18.3 Å². The highest BCUT2D eigenvalue weighted by atomic mass is 16.5. The molecule has 0 amide bonds. The number of rotatable bonds is 3. The number of benzene rings is 1. The van der Waals surface area contributed by atoms with Crippen molar-refractivity contribution in [1.29, 1.82) is 0 Å². The molecule has 1 aromatic heterocycles. The summed E-state index contributed by atoms with van der Waals surface area (Å²) < 4.78 is 6.11. The SMILES string of the molecule is C=C1CCC(Oc2cc(-c3ccc4c(c3N)CCC4)ccn2)CC1. The summed E-state index contributed by atoms with van der Waals surface area (Å²) in [4.78, 5) is 4.39. The number of nitrogens with zero attached hydrogens (tertiary/aromatic N) is 1. The molecule has 0 spiro atoms. The highest BCUT2D eigenvalue weighted by Gasteiger charge is 2.19. The van der Waals surface area contributed by atoms with Crippen molar-refractivity contribution in [2.24, 2.45) is 0 Å². The Balaban J connectivity index is 1.58. The van der Waals surface area contributed by atoms with Gasteiger partial charge in [0, 0.05) is 23.5 Å². The molecule has 3 nitrogen and oxygen atoms in total.